The molecule has 0 aromatic heterocycles. The van der Waals surface area contributed by atoms with Gasteiger partial charge >= 0.3 is 0 Å². The predicted octanol–water partition coefficient (Wildman–Crippen LogP) is 1.44. The predicted molar refractivity (Wildman–Crippen MR) is 43.0 cm³/mol. The monoisotopic (exact) mass is 188 g/mol. The SMILES string of the molecule is CN=C(N)c1cc(F)c(F)c(F)c1. The molecule has 0 aliphatic heterocycles. The van der Waals surface area contributed by atoms with E-state index in [-0.39, 0.29) is 11.4 Å². The Morgan fingerprint density at radius 2 is 1.69 bits per heavy atom. The Kier molecular flexibility index (Phi) is 2.55. The molecule has 5 heteroatoms. The van der Waals surface area contributed by atoms with Crippen LogP contribution in [0, 0.1) is 17.5 Å². The molecule has 2 nitrogen and oxygen atoms in total. The quantitative estimate of drug-likeness (QED) is 0.404. The molecule has 13 heavy (non-hydrogen) atoms. The third kappa shape index (κ3) is 1.80. The lowest BCUT2D eigenvalue weighted by Crippen LogP contribution is -2.14. The average Bonchev–Trinajstić information content (AvgIpc) is 2.12. The molecule has 1 aromatic carbocycles. The Bertz CT molecular complexity index is 337. The highest BCUT2D eigenvalue weighted by Crippen LogP contribution is 2.13. The molecule has 0 amide bonds. The number of aliphatic imine (C=N–C) groups is 1. The van der Waals surface area contributed by atoms with Crippen LogP contribution in [0.4, 0.5) is 13.2 Å². The first kappa shape index (κ1) is 9.57. The van der Waals surface area contributed by atoms with Crippen molar-refractivity contribution in [3.8, 4) is 0 Å². The van der Waals surface area contributed by atoms with Crippen molar-refractivity contribution in [3.63, 3.8) is 0 Å². The van der Waals surface area contributed by atoms with Crippen LogP contribution in [0.2, 0.25) is 0 Å². The molecule has 0 saturated carbocycles. The van der Waals surface area contributed by atoms with Gasteiger partial charge in [-0.05, 0) is 12.1 Å². The zero-order valence-corrected chi connectivity index (χ0v) is 6.81. The lowest BCUT2D eigenvalue weighted by molar-refractivity contribution is 0.447. The minimum Gasteiger partial charge on any atom is -0.384 e. The maximum absolute atomic E-state index is 12.6. The second kappa shape index (κ2) is 3.47. The fourth-order valence-electron chi connectivity index (χ4n) is 0.833. The zero-order chi connectivity index (χ0) is 10.0. The summed E-state index contributed by atoms with van der Waals surface area (Å²) in [5.41, 5.74) is 5.30. The van der Waals surface area contributed by atoms with Gasteiger partial charge in [0.2, 0.25) is 0 Å². The van der Waals surface area contributed by atoms with E-state index in [4.69, 9.17) is 5.73 Å². The summed E-state index contributed by atoms with van der Waals surface area (Å²) in [6, 6.07) is 1.58. The van der Waals surface area contributed by atoms with Crippen molar-refractivity contribution in [2.45, 2.75) is 0 Å². The van der Waals surface area contributed by atoms with Gasteiger partial charge < -0.3 is 5.73 Å². The van der Waals surface area contributed by atoms with E-state index in [1.54, 1.807) is 0 Å². The van der Waals surface area contributed by atoms with Crippen LogP contribution in [-0.2, 0) is 0 Å². The Balaban J connectivity index is 3.29. The standard InChI is InChI=1S/C8H7F3N2/c1-13-8(12)4-2-5(9)7(11)6(10)3-4/h2-3H,1H3,(H2,12,13). The maximum Gasteiger partial charge on any atom is 0.194 e. The van der Waals surface area contributed by atoms with Gasteiger partial charge in [0.25, 0.3) is 0 Å². The second-order valence-electron chi connectivity index (χ2n) is 2.36. The molecule has 0 heterocycles. The number of rotatable bonds is 1. The summed E-state index contributed by atoms with van der Waals surface area (Å²) in [5, 5.41) is 0. The summed E-state index contributed by atoms with van der Waals surface area (Å²) < 4.78 is 37.7. The van der Waals surface area contributed by atoms with Crippen molar-refractivity contribution < 1.29 is 13.2 Å². The van der Waals surface area contributed by atoms with Gasteiger partial charge in [-0.3, -0.25) is 4.99 Å². The third-order valence-corrected chi connectivity index (χ3v) is 1.52. The van der Waals surface area contributed by atoms with Crippen molar-refractivity contribution in [1.82, 2.24) is 0 Å². The van der Waals surface area contributed by atoms with Gasteiger partial charge in [-0.15, -0.1) is 0 Å². The summed E-state index contributed by atoms with van der Waals surface area (Å²) in [5.74, 6) is -4.10. The van der Waals surface area contributed by atoms with Crippen molar-refractivity contribution in [3.05, 3.63) is 35.1 Å². The molecule has 2 N–H and O–H groups in total. The van der Waals surface area contributed by atoms with Gasteiger partial charge in [0.05, 0.1) is 0 Å². The third-order valence-electron chi connectivity index (χ3n) is 1.52. The highest BCUT2D eigenvalue weighted by molar-refractivity contribution is 5.97. The van der Waals surface area contributed by atoms with Gasteiger partial charge in [-0.1, -0.05) is 0 Å². The Labute approximate surface area is 72.9 Å². The van der Waals surface area contributed by atoms with Gasteiger partial charge in [0.1, 0.15) is 5.84 Å². The van der Waals surface area contributed by atoms with E-state index < -0.39 is 17.5 Å². The van der Waals surface area contributed by atoms with E-state index in [0.29, 0.717) is 0 Å². The van der Waals surface area contributed by atoms with E-state index >= 15 is 0 Å². The highest BCUT2D eigenvalue weighted by atomic mass is 19.2. The molecule has 1 aromatic rings. The minimum atomic E-state index is -1.51. The molecule has 0 saturated heterocycles. The summed E-state index contributed by atoms with van der Waals surface area (Å²) in [4.78, 5) is 3.51. The number of halogens is 3. The summed E-state index contributed by atoms with van der Waals surface area (Å²) >= 11 is 0. The van der Waals surface area contributed by atoms with Crippen LogP contribution in [0.15, 0.2) is 17.1 Å². The van der Waals surface area contributed by atoms with E-state index in [9.17, 15) is 13.2 Å². The van der Waals surface area contributed by atoms with Crippen molar-refractivity contribution in [2.75, 3.05) is 7.05 Å². The zero-order valence-electron chi connectivity index (χ0n) is 6.81. The Morgan fingerprint density at radius 3 is 2.08 bits per heavy atom. The fraction of sp³-hybridized carbons (Fsp3) is 0.125. The first-order valence-corrected chi connectivity index (χ1v) is 3.43. The normalized spacial score (nSPS) is 11.8. The van der Waals surface area contributed by atoms with E-state index in [1.807, 2.05) is 0 Å². The topological polar surface area (TPSA) is 38.4 Å². The highest BCUT2D eigenvalue weighted by Gasteiger charge is 2.11. The molecule has 0 spiro atoms. The van der Waals surface area contributed by atoms with Crippen LogP contribution >= 0.6 is 0 Å². The van der Waals surface area contributed by atoms with E-state index in [0.717, 1.165) is 12.1 Å². The largest absolute Gasteiger partial charge is 0.384 e. The number of benzene rings is 1. The molecule has 0 atom stereocenters. The molecular weight excluding hydrogens is 181 g/mol. The lowest BCUT2D eigenvalue weighted by Gasteiger charge is -2.01. The first-order chi connectivity index (χ1) is 6.06. The van der Waals surface area contributed by atoms with Crippen molar-refractivity contribution in [1.29, 1.82) is 0 Å². The molecule has 0 aliphatic carbocycles. The Hall–Kier alpha value is -1.52. The summed E-state index contributed by atoms with van der Waals surface area (Å²) in [6.07, 6.45) is 0. The van der Waals surface area contributed by atoms with Crippen LogP contribution in [0.1, 0.15) is 5.56 Å². The van der Waals surface area contributed by atoms with Crippen molar-refractivity contribution in [2.24, 2.45) is 10.7 Å². The molecular formula is C8H7F3N2. The molecule has 0 bridgehead atoms. The lowest BCUT2D eigenvalue weighted by atomic mass is 10.2. The second-order valence-corrected chi connectivity index (χ2v) is 2.36. The molecule has 1 rings (SSSR count). The maximum atomic E-state index is 12.6. The van der Waals surface area contributed by atoms with Crippen LogP contribution in [0.3, 0.4) is 0 Å². The number of hydrogen-bond acceptors (Lipinski definition) is 1. The average molecular weight is 188 g/mol. The van der Waals surface area contributed by atoms with Crippen LogP contribution in [-0.4, -0.2) is 12.9 Å². The van der Waals surface area contributed by atoms with Crippen LogP contribution < -0.4 is 5.73 Å². The fourth-order valence-corrected chi connectivity index (χ4v) is 0.833. The molecule has 0 unspecified atom stereocenters. The molecule has 70 valence electrons. The smallest absolute Gasteiger partial charge is 0.194 e. The Morgan fingerprint density at radius 1 is 1.23 bits per heavy atom. The molecule has 0 radical (unpaired) electrons. The minimum absolute atomic E-state index is 0.0268. The van der Waals surface area contributed by atoms with Crippen LogP contribution in [0.5, 0.6) is 0 Å². The summed E-state index contributed by atoms with van der Waals surface area (Å²) in [7, 11) is 1.37. The number of nitrogens with two attached hydrogens (primary N) is 1. The van der Waals surface area contributed by atoms with E-state index in [1.165, 1.54) is 7.05 Å². The number of amidine groups is 1. The van der Waals surface area contributed by atoms with Crippen LogP contribution in [0.25, 0.3) is 0 Å². The number of nitrogens with zero attached hydrogens (tertiary/aromatic N) is 1. The molecule has 0 fully saturated rings. The van der Waals surface area contributed by atoms with Gasteiger partial charge in [0.15, 0.2) is 17.5 Å². The first-order valence-electron chi connectivity index (χ1n) is 3.43. The van der Waals surface area contributed by atoms with Crippen molar-refractivity contribution >= 4 is 5.84 Å². The van der Waals surface area contributed by atoms with Gasteiger partial charge in [-0.25, -0.2) is 13.2 Å². The van der Waals surface area contributed by atoms with Gasteiger partial charge in [-0.2, -0.15) is 0 Å². The number of hydrogen-bond donors (Lipinski definition) is 1. The summed E-state index contributed by atoms with van der Waals surface area (Å²) in [6.45, 7) is 0. The van der Waals surface area contributed by atoms with E-state index in [2.05, 4.69) is 4.99 Å². The molecule has 0 aliphatic rings. The van der Waals surface area contributed by atoms with Gasteiger partial charge in [0, 0.05) is 12.6 Å².